The van der Waals surface area contributed by atoms with Gasteiger partial charge in [-0.1, -0.05) is 35.9 Å². The molecule has 1 N–H and O–H groups in total. The second kappa shape index (κ2) is 10.6. The molecular formula is C28H26ClN5O. The Morgan fingerprint density at radius 3 is 2.54 bits per heavy atom. The number of imidazole rings is 1. The van der Waals surface area contributed by atoms with Crippen LogP contribution < -0.4 is 10.1 Å². The van der Waals surface area contributed by atoms with E-state index in [-0.39, 0.29) is 0 Å². The summed E-state index contributed by atoms with van der Waals surface area (Å²) in [5.74, 6) is 2.08. The minimum atomic E-state index is 0.510. The smallest absolute Gasteiger partial charge is 0.219 e. The molecule has 0 amide bonds. The topological polar surface area (TPSA) is 64.9 Å². The molecule has 0 aliphatic heterocycles. The van der Waals surface area contributed by atoms with E-state index in [1.54, 1.807) is 18.3 Å². The van der Waals surface area contributed by atoms with E-state index in [4.69, 9.17) is 21.3 Å². The summed E-state index contributed by atoms with van der Waals surface area (Å²) in [5.41, 5.74) is 5.70. The first kappa shape index (κ1) is 22.9. The van der Waals surface area contributed by atoms with Crippen molar-refractivity contribution < 1.29 is 4.74 Å². The quantitative estimate of drug-likeness (QED) is 0.256. The van der Waals surface area contributed by atoms with Gasteiger partial charge in [0.2, 0.25) is 11.8 Å². The van der Waals surface area contributed by atoms with Crippen molar-refractivity contribution in [3.8, 4) is 11.6 Å². The number of halogens is 1. The van der Waals surface area contributed by atoms with Crippen LogP contribution in [0.25, 0.3) is 11.0 Å². The molecule has 0 aliphatic carbocycles. The Kier molecular flexibility index (Phi) is 6.91. The van der Waals surface area contributed by atoms with E-state index >= 15 is 0 Å². The van der Waals surface area contributed by atoms with Crippen LogP contribution in [0.2, 0.25) is 5.02 Å². The summed E-state index contributed by atoms with van der Waals surface area (Å²) in [6, 6.07) is 24.0. The van der Waals surface area contributed by atoms with Gasteiger partial charge in [-0.15, -0.1) is 0 Å². The van der Waals surface area contributed by atoms with E-state index in [0.717, 1.165) is 53.3 Å². The summed E-state index contributed by atoms with van der Waals surface area (Å²) in [6.07, 6.45) is 6.49. The van der Waals surface area contributed by atoms with E-state index in [2.05, 4.69) is 44.1 Å². The zero-order valence-electron chi connectivity index (χ0n) is 19.5. The minimum Gasteiger partial charge on any atom is -0.439 e. The molecule has 7 heteroatoms. The molecule has 0 radical (unpaired) electrons. The highest BCUT2D eigenvalue weighted by atomic mass is 35.5. The Morgan fingerprint density at radius 2 is 1.77 bits per heavy atom. The summed E-state index contributed by atoms with van der Waals surface area (Å²) < 4.78 is 7.88. The lowest BCUT2D eigenvalue weighted by Crippen LogP contribution is -2.05. The molecule has 0 bridgehead atoms. The first-order valence-electron chi connectivity index (χ1n) is 11.6. The lowest BCUT2D eigenvalue weighted by molar-refractivity contribution is 0.463. The molecule has 0 aliphatic rings. The van der Waals surface area contributed by atoms with Crippen molar-refractivity contribution in [2.45, 2.75) is 25.8 Å². The molecule has 0 saturated heterocycles. The van der Waals surface area contributed by atoms with E-state index in [9.17, 15) is 0 Å². The van der Waals surface area contributed by atoms with Crippen LogP contribution in [0.4, 0.5) is 5.95 Å². The fraction of sp³-hybridized carbons (Fsp3) is 0.179. The number of aryl methyl sites for hydroxylation is 3. The Hall–Kier alpha value is -3.90. The molecule has 35 heavy (non-hydrogen) atoms. The van der Waals surface area contributed by atoms with Crippen molar-refractivity contribution in [3.05, 3.63) is 107 Å². The SMILES string of the molecule is Cn1c(NCc2ccc(Oc3ccc(Cl)cn3)cc2)nc2ccc(CCCc3ccccn3)cc21. The molecule has 0 unspecified atom stereocenters. The zero-order chi connectivity index (χ0) is 24.0. The Morgan fingerprint density at radius 1 is 0.914 bits per heavy atom. The van der Waals surface area contributed by atoms with Gasteiger partial charge >= 0.3 is 0 Å². The summed E-state index contributed by atoms with van der Waals surface area (Å²) in [5, 5.41) is 4.04. The van der Waals surface area contributed by atoms with Crippen molar-refractivity contribution in [3.63, 3.8) is 0 Å². The normalized spacial score (nSPS) is 11.0. The van der Waals surface area contributed by atoms with Crippen LogP contribution in [0.5, 0.6) is 11.6 Å². The first-order valence-corrected chi connectivity index (χ1v) is 12.0. The van der Waals surface area contributed by atoms with Crippen LogP contribution in [0.1, 0.15) is 23.2 Å². The number of hydrogen-bond acceptors (Lipinski definition) is 5. The van der Waals surface area contributed by atoms with Crippen LogP contribution in [0, 0.1) is 0 Å². The second-order valence-corrected chi connectivity index (χ2v) is 8.84. The van der Waals surface area contributed by atoms with Gasteiger partial charge in [-0.2, -0.15) is 0 Å². The van der Waals surface area contributed by atoms with Gasteiger partial charge in [0.1, 0.15) is 5.75 Å². The highest BCUT2D eigenvalue weighted by Crippen LogP contribution is 2.23. The lowest BCUT2D eigenvalue weighted by Gasteiger charge is -2.08. The molecule has 3 heterocycles. The average Bonchev–Trinajstić information content (AvgIpc) is 3.20. The third kappa shape index (κ3) is 5.78. The maximum Gasteiger partial charge on any atom is 0.219 e. The number of nitrogens with zero attached hydrogens (tertiary/aromatic N) is 4. The van der Waals surface area contributed by atoms with E-state index in [1.165, 1.54) is 5.56 Å². The Labute approximate surface area is 209 Å². The molecule has 0 saturated carbocycles. The molecule has 5 rings (SSSR count). The number of rotatable bonds is 9. The van der Waals surface area contributed by atoms with Crippen molar-refractivity contribution >= 4 is 28.6 Å². The third-order valence-corrected chi connectivity index (χ3v) is 6.09. The summed E-state index contributed by atoms with van der Waals surface area (Å²) >= 11 is 5.87. The number of fused-ring (bicyclic) bond motifs is 1. The van der Waals surface area contributed by atoms with Gasteiger partial charge in [0.05, 0.1) is 16.1 Å². The van der Waals surface area contributed by atoms with E-state index in [0.29, 0.717) is 17.4 Å². The van der Waals surface area contributed by atoms with Crippen molar-refractivity contribution in [1.29, 1.82) is 0 Å². The fourth-order valence-corrected chi connectivity index (χ4v) is 4.08. The first-order chi connectivity index (χ1) is 17.1. The van der Waals surface area contributed by atoms with Crippen LogP contribution in [0.3, 0.4) is 0 Å². The van der Waals surface area contributed by atoms with Gasteiger partial charge in [0.25, 0.3) is 0 Å². The molecule has 0 spiro atoms. The van der Waals surface area contributed by atoms with Crippen LogP contribution in [-0.2, 0) is 26.4 Å². The largest absolute Gasteiger partial charge is 0.439 e. The lowest BCUT2D eigenvalue weighted by atomic mass is 10.1. The molecule has 0 fully saturated rings. The number of nitrogens with one attached hydrogen (secondary N) is 1. The maximum atomic E-state index is 5.87. The second-order valence-electron chi connectivity index (χ2n) is 8.41. The average molecular weight is 484 g/mol. The maximum absolute atomic E-state index is 5.87. The fourth-order valence-electron chi connectivity index (χ4n) is 3.97. The molecule has 2 aromatic carbocycles. The van der Waals surface area contributed by atoms with Crippen molar-refractivity contribution in [1.82, 2.24) is 19.5 Å². The van der Waals surface area contributed by atoms with Crippen molar-refractivity contribution in [2.75, 3.05) is 5.32 Å². The predicted octanol–water partition coefficient (Wildman–Crippen LogP) is 6.60. The number of benzene rings is 2. The summed E-state index contributed by atoms with van der Waals surface area (Å²) in [7, 11) is 2.05. The minimum absolute atomic E-state index is 0.510. The standard InChI is InChI=1S/C28H26ClN5O/c1-34-26-17-20(5-4-7-23-6-2-3-16-30-23)10-14-25(26)33-28(34)32-18-21-8-12-24(13-9-21)35-27-15-11-22(29)19-31-27/h2-3,6,8-17,19H,4-5,7,18H2,1H3,(H,32,33). The van der Waals surface area contributed by atoms with Gasteiger partial charge in [-0.3, -0.25) is 4.98 Å². The highest BCUT2D eigenvalue weighted by molar-refractivity contribution is 6.30. The van der Waals surface area contributed by atoms with Crippen LogP contribution in [0.15, 0.2) is 85.2 Å². The molecular weight excluding hydrogens is 458 g/mol. The van der Waals surface area contributed by atoms with E-state index < -0.39 is 0 Å². The highest BCUT2D eigenvalue weighted by Gasteiger charge is 2.09. The van der Waals surface area contributed by atoms with Gasteiger partial charge in [0, 0.05) is 37.7 Å². The van der Waals surface area contributed by atoms with Gasteiger partial charge < -0.3 is 14.6 Å². The summed E-state index contributed by atoms with van der Waals surface area (Å²) in [4.78, 5) is 13.3. The number of aromatic nitrogens is 4. The van der Waals surface area contributed by atoms with Crippen molar-refractivity contribution in [2.24, 2.45) is 7.05 Å². The zero-order valence-corrected chi connectivity index (χ0v) is 20.2. The van der Waals surface area contributed by atoms with Crippen LogP contribution in [-0.4, -0.2) is 19.5 Å². The predicted molar refractivity (Wildman–Crippen MR) is 140 cm³/mol. The Balaban J connectivity index is 1.19. The number of anilines is 1. The molecule has 0 atom stereocenters. The van der Waals surface area contributed by atoms with Crippen LogP contribution >= 0.6 is 11.6 Å². The van der Waals surface area contributed by atoms with Gasteiger partial charge in [-0.05, 0) is 72.9 Å². The molecule has 5 aromatic rings. The molecule has 3 aromatic heterocycles. The number of hydrogen-bond donors (Lipinski definition) is 1. The monoisotopic (exact) mass is 483 g/mol. The Bertz CT molecular complexity index is 1400. The molecule has 6 nitrogen and oxygen atoms in total. The van der Waals surface area contributed by atoms with E-state index in [1.807, 2.05) is 49.6 Å². The van der Waals surface area contributed by atoms with Gasteiger partial charge in [0.15, 0.2) is 0 Å². The third-order valence-electron chi connectivity index (χ3n) is 5.87. The number of pyridine rings is 2. The van der Waals surface area contributed by atoms with Gasteiger partial charge in [-0.25, -0.2) is 9.97 Å². The summed E-state index contributed by atoms with van der Waals surface area (Å²) in [6.45, 7) is 0.660. The number of ether oxygens (including phenoxy) is 1. The molecule has 176 valence electrons.